The van der Waals surface area contributed by atoms with E-state index in [0.717, 1.165) is 6.07 Å². The van der Waals surface area contributed by atoms with E-state index < -0.39 is 25.5 Å². The van der Waals surface area contributed by atoms with Gasteiger partial charge in [-0.15, -0.1) is 0 Å². The molecule has 0 aliphatic carbocycles. The first-order valence-corrected chi connectivity index (χ1v) is 7.65. The predicted molar refractivity (Wildman–Crippen MR) is 77.2 cm³/mol. The Balaban J connectivity index is 2.95. The minimum Gasteiger partial charge on any atom is -0.385 e. The number of unbranched alkanes of at least 4 members (excludes halogenated alkanes) is 1. The van der Waals surface area contributed by atoms with E-state index in [2.05, 4.69) is 10.1 Å². The van der Waals surface area contributed by atoms with Gasteiger partial charge in [0, 0.05) is 20.3 Å². The van der Waals surface area contributed by atoms with Crippen molar-refractivity contribution >= 4 is 21.4 Å². The van der Waals surface area contributed by atoms with Crippen molar-refractivity contribution < 1.29 is 18.1 Å². The minimum atomic E-state index is -3.98. The second-order valence-electron chi connectivity index (χ2n) is 4.15. The van der Waals surface area contributed by atoms with Crippen LogP contribution >= 0.6 is 0 Å². The summed E-state index contributed by atoms with van der Waals surface area (Å²) in [6, 6.07) is 3.87. The van der Waals surface area contributed by atoms with E-state index in [9.17, 15) is 18.5 Å². The fourth-order valence-corrected chi connectivity index (χ4v) is 2.96. The quantitative estimate of drug-likeness (QED) is 0.262. The Kier molecular flexibility index (Phi) is 6.49. The van der Waals surface area contributed by atoms with Gasteiger partial charge in [0.25, 0.3) is 0 Å². The van der Waals surface area contributed by atoms with Crippen molar-refractivity contribution in [2.75, 3.05) is 25.7 Å². The summed E-state index contributed by atoms with van der Waals surface area (Å²) in [7, 11) is -2.43. The van der Waals surface area contributed by atoms with Gasteiger partial charge in [0.2, 0.25) is 10.0 Å². The van der Waals surface area contributed by atoms with E-state index in [-0.39, 0.29) is 12.2 Å². The smallest absolute Gasteiger partial charge is 0.313 e. The topological polar surface area (TPSA) is 137 Å². The van der Waals surface area contributed by atoms with Crippen LogP contribution in [0.5, 0.6) is 0 Å². The van der Waals surface area contributed by atoms with Gasteiger partial charge in [-0.3, -0.25) is 16.0 Å². The van der Waals surface area contributed by atoms with E-state index in [1.165, 1.54) is 12.1 Å². The number of anilines is 1. The molecule has 0 aliphatic rings. The molecule has 0 spiro atoms. The summed E-state index contributed by atoms with van der Waals surface area (Å²) in [5, 5.41) is 11.1. The number of nitrogen functional groups attached to an aromatic ring is 1. The monoisotopic (exact) mass is 318 g/mol. The molecule has 1 rings (SSSR count). The van der Waals surface area contributed by atoms with Crippen molar-refractivity contribution in [3.05, 3.63) is 28.3 Å². The first-order valence-electron chi connectivity index (χ1n) is 6.16. The van der Waals surface area contributed by atoms with Gasteiger partial charge in [-0.2, -0.15) is 0 Å². The van der Waals surface area contributed by atoms with Gasteiger partial charge in [0.15, 0.2) is 4.90 Å². The van der Waals surface area contributed by atoms with Crippen LogP contribution in [0.4, 0.5) is 11.4 Å². The third kappa shape index (κ3) is 4.63. The third-order valence-electron chi connectivity index (χ3n) is 2.69. The molecule has 0 amide bonds. The molecule has 0 radical (unpaired) electrons. The maximum atomic E-state index is 12.1. The van der Waals surface area contributed by atoms with Crippen molar-refractivity contribution in [1.29, 1.82) is 0 Å². The van der Waals surface area contributed by atoms with Crippen LogP contribution in [-0.4, -0.2) is 33.6 Å². The van der Waals surface area contributed by atoms with Crippen LogP contribution in [0, 0.1) is 10.1 Å². The zero-order chi connectivity index (χ0) is 15.9. The van der Waals surface area contributed by atoms with Gasteiger partial charge in [-0.1, -0.05) is 6.07 Å². The lowest BCUT2D eigenvalue weighted by atomic mass is 10.3. The van der Waals surface area contributed by atoms with Crippen molar-refractivity contribution in [3.8, 4) is 0 Å². The first-order chi connectivity index (χ1) is 9.94. The largest absolute Gasteiger partial charge is 0.385 e. The second-order valence-corrected chi connectivity index (χ2v) is 5.89. The summed E-state index contributed by atoms with van der Waals surface area (Å²) in [6.45, 7) is 0.692. The molecule has 0 bridgehead atoms. The Hall–Kier alpha value is -1.75. The first kappa shape index (κ1) is 17.3. The average molecular weight is 318 g/mol. The number of benzene rings is 1. The zero-order valence-corrected chi connectivity index (χ0v) is 12.4. The maximum Gasteiger partial charge on any atom is 0.313 e. The SMILES string of the molecule is COCCCCNS(=O)(=O)c1cccc(NN)c1[N+](=O)[O-]. The summed E-state index contributed by atoms with van der Waals surface area (Å²) in [5.74, 6) is 5.17. The number of sulfonamides is 1. The molecule has 10 heteroatoms. The summed E-state index contributed by atoms with van der Waals surface area (Å²) in [5.41, 5.74) is 1.48. The van der Waals surface area contributed by atoms with Crippen LogP contribution in [0.1, 0.15) is 12.8 Å². The molecule has 9 nitrogen and oxygen atoms in total. The normalized spacial score (nSPS) is 11.3. The summed E-state index contributed by atoms with van der Waals surface area (Å²) in [4.78, 5) is 9.86. The summed E-state index contributed by atoms with van der Waals surface area (Å²) >= 11 is 0. The van der Waals surface area contributed by atoms with Crippen molar-refractivity contribution in [2.45, 2.75) is 17.7 Å². The molecule has 0 saturated heterocycles. The summed E-state index contributed by atoms with van der Waals surface area (Å²) < 4.78 is 31.5. The molecule has 0 heterocycles. The Bertz CT molecular complexity index is 590. The number of nitro groups is 1. The van der Waals surface area contributed by atoms with Gasteiger partial charge in [0.1, 0.15) is 5.69 Å². The molecule has 0 unspecified atom stereocenters. The second kappa shape index (κ2) is 7.88. The standard InChI is InChI=1S/C11H18N4O5S/c1-20-8-3-2-7-13-21(18,19)10-6-4-5-9(14-12)11(10)15(16)17/h4-6,13-14H,2-3,7-8,12H2,1H3. The third-order valence-corrected chi connectivity index (χ3v) is 4.19. The maximum absolute atomic E-state index is 12.1. The molecular formula is C11H18N4O5S. The van der Waals surface area contributed by atoms with Crippen LogP contribution in [0.15, 0.2) is 23.1 Å². The molecule has 0 saturated carbocycles. The zero-order valence-electron chi connectivity index (χ0n) is 11.5. The van der Waals surface area contributed by atoms with Gasteiger partial charge in [-0.05, 0) is 25.0 Å². The number of hydrazine groups is 1. The predicted octanol–water partition coefficient (Wildman–Crippen LogP) is 0.585. The van der Waals surface area contributed by atoms with Crippen molar-refractivity contribution in [1.82, 2.24) is 4.72 Å². The molecular weight excluding hydrogens is 300 g/mol. The lowest BCUT2D eigenvalue weighted by Crippen LogP contribution is -2.26. The molecule has 0 aromatic heterocycles. The Morgan fingerprint density at radius 3 is 2.67 bits per heavy atom. The number of nitrogens with one attached hydrogen (secondary N) is 2. The van der Waals surface area contributed by atoms with Crippen LogP contribution in [-0.2, 0) is 14.8 Å². The lowest BCUT2D eigenvalue weighted by Gasteiger charge is -2.09. The number of methoxy groups -OCH3 is 1. The fourth-order valence-electron chi connectivity index (χ4n) is 1.70. The number of nitrogens with two attached hydrogens (primary N) is 1. The average Bonchev–Trinajstić information content (AvgIpc) is 2.46. The Labute approximate surface area is 122 Å². The fraction of sp³-hybridized carbons (Fsp3) is 0.455. The van der Waals surface area contributed by atoms with E-state index in [4.69, 9.17) is 10.6 Å². The summed E-state index contributed by atoms with van der Waals surface area (Å²) in [6.07, 6.45) is 1.25. The highest BCUT2D eigenvalue weighted by Crippen LogP contribution is 2.31. The van der Waals surface area contributed by atoms with E-state index >= 15 is 0 Å². The van der Waals surface area contributed by atoms with Crippen molar-refractivity contribution in [2.24, 2.45) is 5.84 Å². The van der Waals surface area contributed by atoms with Crippen LogP contribution < -0.4 is 16.0 Å². The molecule has 0 atom stereocenters. The number of ether oxygens (including phenoxy) is 1. The highest BCUT2D eigenvalue weighted by Gasteiger charge is 2.28. The van der Waals surface area contributed by atoms with E-state index in [1.54, 1.807) is 7.11 Å². The molecule has 0 aliphatic heterocycles. The van der Waals surface area contributed by atoms with Gasteiger partial charge in [-0.25, -0.2) is 13.1 Å². The van der Waals surface area contributed by atoms with E-state index in [0.29, 0.717) is 19.4 Å². The van der Waals surface area contributed by atoms with Gasteiger partial charge in [0.05, 0.1) is 4.92 Å². The molecule has 118 valence electrons. The number of nitrogens with zero attached hydrogens (tertiary/aromatic N) is 1. The number of nitro benzene ring substituents is 1. The number of rotatable bonds is 9. The Morgan fingerprint density at radius 2 is 2.10 bits per heavy atom. The molecule has 1 aromatic rings. The highest BCUT2D eigenvalue weighted by molar-refractivity contribution is 7.89. The molecule has 1 aromatic carbocycles. The van der Waals surface area contributed by atoms with Crippen molar-refractivity contribution in [3.63, 3.8) is 0 Å². The van der Waals surface area contributed by atoms with Gasteiger partial charge >= 0.3 is 5.69 Å². The van der Waals surface area contributed by atoms with Crippen LogP contribution in [0.25, 0.3) is 0 Å². The molecule has 4 N–H and O–H groups in total. The van der Waals surface area contributed by atoms with Crippen LogP contribution in [0.2, 0.25) is 0 Å². The molecule has 21 heavy (non-hydrogen) atoms. The highest BCUT2D eigenvalue weighted by atomic mass is 32.2. The number of para-hydroxylation sites is 1. The number of hydrogen-bond acceptors (Lipinski definition) is 7. The minimum absolute atomic E-state index is 0.0674. The van der Waals surface area contributed by atoms with Gasteiger partial charge < -0.3 is 10.2 Å². The molecule has 0 fully saturated rings. The number of hydrogen-bond donors (Lipinski definition) is 3. The lowest BCUT2D eigenvalue weighted by molar-refractivity contribution is -0.386. The van der Waals surface area contributed by atoms with Crippen LogP contribution in [0.3, 0.4) is 0 Å². The Morgan fingerprint density at radius 1 is 1.38 bits per heavy atom. The van der Waals surface area contributed by atoms with E-state index in [1.807, 2.05) is 0 Å².